The molecule has 108 valence electrons. The fourth-order valence-electron chi connectivity index (χ4n) is 1.70. The van der Waals surface area contributed by atoms with Crippen molar-refractivity contribution in [3.8, 4) is 0 Å². The number of carboxylic acid groups (broad SMARTS) is 1. The highest BCUT2D eigenvalue weighted by Gasteiger charge is 2.10. The average molecular weight is 286 g/mol. The summed E-state index contributed by atoms with van der Waals surface area (Å²) in [6.07, 6.45) is 1.54. The zero-order valence-corrected chi connectivity index (χ0v) is 11.2. The Morgan fingerprint density at radius 3 is 2.48 bits per heavy atom. The molecule has 1 aromatic carbocycles. The van der Waals surface area contributed by atoms with Gasteiger partial charge in [-0.05, 0) is 17.7 Å². The Labute approximate surface area is 121 Å². The normalized spacial score (nSPS) is 11.1. The maximum Gasteiger partial charge on any atom is 0.307 e. The average Bonchev–Trinajstić information content (AvgIpc) is 3.02. The van der Waals surface area contributed by atoms with Gasteiger partial charge in [-0.3, -0.25) is 9.59 Å². The lowest BCUT2D eigenvalue weighted by Gasteiger charge is -2.05. The van der Waals surface area contributed by atoms with Gasteiger partial charge in [-0.1, -0.05) is 30.3 Å². The van der Waals surface area contributed by atoms with Crippen LogP contribution in [0.1, 0.15) is 29.0 Å². The number of carboxylic acids is 1. The molecule has 2 rings (SSSR count). The number of furan rings is 1. The van der Waals surface area contributed by atoms with Crippen molar-refractivity contribution in [3.63, 3.8) is 0 Å². The van der Waals surface area contributed by atoms with Crippen LogP contribution in [-0.2, 0) is 4.79 Å². The van der Waals surface area contributed by atoms with Crippen LogP contribution in [0.25, 0.3) is 0 Å². The zero-order valence-electron chi connectivity index (χ0n) is 11.2. The van der Waals surface area contributed by atoms with Crippen LogP contribution < -0.4 is 5.43 Å². The molecule has 0 fully saturated rings. The van der Waals surface area contributed by atoms with E-state index in [-0.39, 0.29) is 18.6 Å². The minimum absolute atomic E-state index is 0.0651. The smallest absolute Gasteiger partial charge is 0.307 e. The van der Waals surface area contributed by atoms with Gasteiger partial charge in [0.05, 0.1) is 18.4 Å². The van der Waals surface area contributed by atoms with Gasteiger partial charge in [-0.15, -0.1) is 0 Å². The lowest BCUT2D eigenvalue weighted by molar-refractivity contribution is -0.136. The number of benzene rings is 1. The van der Waals surface area contributed by atoms with Crippen molar-refractivity contribution in [3.05, 3.63) is 60.1 Å². The van der Waals surface area contributed by atoms with Crippen molar-refractivity contribution < 1.29 is 19.1 Å². The first-order valence-electron chi connectivity index (χ1n) is 6.34. The molecule has 0 saturated carbocycles. The molecule has 0 unspecified atom stereocenters. The number of aliphatic carboxylic acids is 1. The van der Waals surface area contributed by atoms with Gasteiger partial charge in [-0.25, -0.2) is 5.43 Å². The van der Waals surface area contributed by atoms with Crippen molar-refractivity contribution in [2.45, 2.75) is 12.8 Å². The second-order valence-electron chi connectivity index (χ2n) is 4.24. The van der Waals surface area contributed by atoms with Crippen LogP contribution in [0.3, 0.4) is 0 Å². The number of nitrogens with zero attached hydrogens (tertiary/aromatic N) is 1. The topological polar surface area (TPSA) is 91.9 Å². The van der Waals surface area contributed by atoms with Gasteiger partial charge in [0.2, 0.25) is 0 Å². The molecule has 0 radical (unpaired) electrons. The van der Waals surface area contributed by atoms with Gasteiger partial charge < -0.3 is 9.52 Å². The van der Waals surface area contributed by atoms with Crippen molar-refractivity contribution in [1.29, 1.82) is 0 Å². The summed E-state index contributed by atoms with van der Waals surface area (Å²) in [7, 11) is 0. The molecular formula is C15H14N2O4. The lowest BCUT2D eigenvalue weighted by atomic mass is 10.1. The first-order chi connectivity index (χ1) is 10.2. The Bertz CT molecular complexity index is 633. The van der Waals surface area contributed by atoms with Crippen LogP contribution in [0.2, 0.25) is 0 Å². The first kappa shape index (κ1) is 14.5. The van der Waals surface area contributed by atoms with E-state index in [0.29, 0.717) is 5.71 Å². The number of carbonyl (C=O) groups is 2. The van der Waals surface area contributed by atoms with Crippen molar-refractivity contribution in [2.24, 2.45) is 5.10 Å². The summed E-state index contributed by atoms with van der Waals surface area (Å²) >= 11 is 0. The van der Waals surface area contributed by atoms with E-state index >= 15 is 0 Å². The molecule has 0 bridgehead atoms. The summed E-state index contributed by atoms with van der Waals surface area (Å²) in [6.45, 7) is 0. The van der Waals surface area contributed by atoms with Gasteiger partial charge >= 0.3 is 11.9 Å². The molecule has 0 saturated heterocycles. The summed E-state index contributed by atoms with van der Waals surface area (Å²) in [5, 5.41) is 12.8. The van der Waals surface area contributed by atoms with Crippen LogP contribution in [0.5, 0.6) is 0 Å². The Morgan fingerprint density at radius 2 is 1.86 bits per heavy atom. The van der Waals surface area contributed by atoms with Crippen molar-refractivity contribution >= 4 is 17.6 Å². The van der Waals surface area contributed by atoms with Gasteiger partial charge in [0.25, 0.3) is 0 Å². The number of carbonyl (C=O) groups excluding carboxylic acids is 1. The molecule has 2 N–H and O–H groups in total. The molecule has 0 aliphatic rings. The summed E-state index contributed by atoms with van der Waals surface area (Å²) in [4.78, 5) is 22.5. The first-order valence-corrected chi connectivity index (χ1v) is 6.34. The van der Waals surface area contributed by atoms with Crippen LogP contribution >= 0.6 is 0 Å². The summed E-state index contributed by atoms with van der Waals surface area (Å²) < 4.78 is 4.96. The lowest BCUT2D eigenvalue weighted by Crippen LogP contribution is -2.20. The van der Waals surface area contributed by atoms with Crippen LogP contribution in [0.4, 0.5) is 0 Å². The number of rotatable bonds is 6. The fourth-order valence-corrected chi connectivity index (χ4v) is 1.70. The summed E-state index contributed by atoms with van der Waals surface area (Å²) in [5.41, 5.74) is 3.63. The standard InChI is InChI=1S/C15H14N2O4/c18-14(19)9-8-12(11-5-2-1-3-6-11)16-17-15(20)13-7-4-10-21-13/h1-7,10H,8-9H2,(H,17,20)(H,18,19). The molecule has 6 heteroatoms. The minimum Gasteiger partial charge on any atom is -0.481 e. The van der Waals surface area contributed by atoms with Gasteiger partial charge in [0, 0.05) is 6.42 Å². The Kier molecular flexibility index (Phi) is 4.87. The molecular weight excluding hydrogens is 272 g/mol. The summed E-state index contributed by atoms with van der Waals surface area (Å²) in [6, 6.07) is 12.2. The third kappa shape index (κ3) is 4.31. The molecule has 1 amide bonds. The predicted octanol–water partition coefficient (Wildman–Crippen LogP) is 2.28. The fraction of sp³-hybridized carbons (Fsp3) is 0.133. The molecule has 1 aromatic heterocycles. The van der Waals surface area contributed by atoms with E-state index in [4.69, 9.17) is 9.52 Å². The number of nitrogens with one attached hydrogen (secondary N) is 1. The van der Waals surface area contributed by atoms with E-state index in [9.17, 15) is 9.59 Å². The van der Waals surface area contributed by atoms with Crippen molar-refractivity contribution in [1.82, 2.24) is 5.43 Å². The highest BCUT2D eigenvalue weighted by atomic mass is 16.4. The number of hydrogen-bond donors (Lipinski definition) is 2. The maximum absolute atomic E-state index is 11.8. The molecule has 0 aliphatic heterocycles. The van der Waals surface area contributed by atoms with E-state index in [2.05, 4.69) is 10.5 Å². The van der Waals surface area contributed by atoms with E-state index in [1.165, 1.54) is 12.3 Å². The maximum atomic E-state index is 11.8. The molecule has 0 atom stereocenters. The van der Waals surface area contributed by atoms with E-state index in [0.717, 1.165) is 5.56 Å². The Hall–Kier alpha value is -2.89. The largest absolute Gasteiger partial charge is 0.481 e. The highest BCUT2D eigenvalue weighted by Crippen LogP contribution is 2.07. The second kappa shape index (κ2) is 7.04. The quantitative estimate of drug-likeness (QED) is 0.629. The Morgan fingerprint density at radius 1 is 1.10 bits per heavy atom. The number of hydrogen-bond acceptors (Lipinski definition) is 4. The van der Waals surface area contributed by atoms with Crippen LogP contribution in [0, 0.1) is 0 Å². The second-order valence-corrected chi connectivity index (χ2v) is 4.24. The third-order valence-corrected chi connectivity index (χ3v) is 2.72. The minimum atomic E-state index is -0.920. The van der Waals surface area contributed by atoms with E-state index in [1.807, 2.05) is 18.2 Å². The molecule has 21 heavy (non-hydrogen) atoms. The predicted molar refractivity (Wildman–Crippen MR) is 76.0 cm³/mol. The van der Waals surface area contributed by atoms with Gasteiger partial charge in [0.15, 0.2) is 5.76 Å². The Balaban J connectivity index is 2.12. The monoisotopic (exact) mass is 286 g/mol. The SMILES string of the molecule is O=C(O)CCC(=NNC(=O)c1ccco1)c1ccccc1. The van der Waals surface area contributed by atoms with E-state index < -0.39 is 11.9 Å². The molecule has 0 spiro atoms. The molecule has 0 aliphatic carbocycles. The number of amides is 1. The molecule has 2 aromatic rings. The molecule has 1 heterocycles. The van der Waals surface area contributed by atoms with Crippen molar-refractivity contribution in [2.75, 3.05) is 0 Å². The highest BCUT2D eigenvalue weighted by molar-refractivity contribution is 6.02. The zero-order chi connectivity index (χ0) is 15.1. The summed E-state index contributed by atoms with van der Waals surface area (Å²) in [5.74, 6) is -1.26. The van der Waals surface area contributed by atoms with Gasteiger partial charge in [0.1, 0.15) is 0 Å². The number of hydrazone groups is 1. The van der Waals surface area contributed by atoms with Crippen LogP contribution in [0.15, 0.2) is 58.2 Å². The third-order valence-electron chi connectivity index (χ3n) is 2.72. The van der Waals surface area contributed by atoms with E-state index in [1.54, 1.807) is 18.2 Å². The van der Waals surface area contributed by atoms with Gasteiger partial charge in [-0.2, -0.15) is 5.10 Å². The van der Waals surface area contributed by atoms with Crippen LogP contribution in [-0.4, -0.2) is 22.7 Å². The molecule has 6 nitrogen and oxygen atoms in total.